The second-order valence-electron chi connectivity index (χ2n) is 4.36. The average molecular weight is 339 g/mol. The van der Waals surface area contributed by atoms with Gasteiger partial charge in [-0.15, -0.1) is 0 Å². The van der Waals surface area contributed by atoms with Crippen LogP contribution < -0.4 is 5.32 Å². The van der Waals surface area contributed by atoms with Gasteiger partial charge in [0.15, 0.2) is 0 Å². The van der Waals surface area contributed by atoms with Crippen LogP contribution in [0, 0.1) is 22.9 Å². The molecule has 1 N–H and O–H groups in total. The number of benzene rings is 2. The third-order valence-electron chi connectivity index (χ3n) is 2.87. The van der Waals surface area contributed by atoms with Gasteiger partial charge in [0.1, 0.15) is 5.82 Å². The van der Waals surface area contributed by atoms with Gasteiger partial charge in [-0.2, -0.15) is 0 Å². The highest BCUT2D eigenvalue weighted by molar-refractivity contribution is 9.10. The lowest BCUT2D eigenvalue weighted by atomic mass is 10.1. The molecule has 0 aromatic heterocycles. The molecule has 2 aromatic rings. The van der Waals surface area contributed by atoms with Crippen molar-refractivity contribution in [3.05, 3.63) is 67.9 Å². The quantitative estimate of drug-likeness (QED) is 0.663. The lowest BCUT2D eigenvalue weighted by Gasteiger charge is -2.09. The number of rotatable bonds is 4. The van der Waals surface area contributed by atoms with Gasteiger partial charge >= 0.3 is 0 Å². The van der Waals surface area contributed by atoms with Gasteiger partial charge in [0, 0.05) is 23.2 Å². The first-order valence-corrected chi connectivity index (χ1v) is 6.69. The Morgan fingerprint density at radius 1 is 1.30 bits per heavy atom. The molecule has 0 saturated heterocycles. The maximum absolute atomic E-state index is 13.2. The fourth-order valence-electron chi connectivity index (χ4n) is 1.78. The number of halogens is 2. The number of nitro benzene ring substituents is 1. The van der Waals surface area contributed by atoms with Crippen LogP contribution in [0.15, 0.2) is 40.9 Å². The van der Waals surface area contributed by atoms with Crippen molar-refractivity contribution in [3.63, 3.8) is 0 Å². The highest BCUT2D eigenvalue weighted by atomic mass is 79.9. The van der Waals surface area contributed by atoms with Crippen LogP contribution in [0.25, 0.3) is 0 Å². The standard InChI is InChI=1S/C14H12BrFN2O2/c1-9-6-10(2-5-13(9)16)8-17-14-7-11(18(19)20)3-4-12(14)15/h2-7,17H,8H2,1H3. The van der Waals surface area contributed by atoms with Crippen LogP contribution in [0.3, 0.4) is 0 Å². The van der Waals surface area contributed by atoms with Crippen LogP contribution >= 0.6 is 15.9 Å². The molecular formula is C14H12BrFN2O2. The van der Waals surface area contributed by atoms with E-state index >= 15 is 0 Å². The van der Waals surface area contributed by atoms with Gasteiger partial charge in [-0.25, -0.2) is 4.39 Å². The summed E-state index contributed by atoms with van der Waals surface area (Å²) in [5.74, 6) is -0.245. The van der Waals surface area contributed by atoms with E-state index in [2.05, 4.69) is 21.2 Å². The number of nitro groups is 1. The van der Waals surface area contributed by atoms with Crippen LogP contribution in [-0.4, -0.2) is 4.92 Å². The smallest absolute Gasteiger partial charge is 0.271 e. The summed E-state index contributed by atoms with van der Waals surface area (Å²) < 4.78 is 13.9. The van der Waals surface area contributed by atoms with Crippen molar-refractivity contribution < 1.29 is 9.31 Å². The summed E-state index contributed by atoms with van der Waals surface area (Å²) in [6.07, 6.45) is 0. The minimum Gasteiger partial charge on any atom is -0.380 e. The van der Waals surface area contributed by atoms with E-state index in [1.165, 1.54) is 18.2 Å². The molecule has 0 spiro atoms. The molecule has 6 heteroatoms. The number of non-ortho nitro benzene ring substituents is 1. The first-order valence-electron chi connectivity index (χ1n) is 5.90. The predicted octanol–water partition coefficient (Wildman–Crippen LogP) is 4.42. The molecule has 0 aliphatic heterocycles. The van der Waals surface area contributed by atoms with Crippen molar-refractivity contribution >= 4 is 27.3 Å². The van der Waals surface area contributed by atoms with Gasteiger partial charge in [-0.05, 0) is 46.1 Å². The summed E-state index contributed by atoms with van der Waals surface area (Å²) in [6, 6.07) is 9.34. The molecule has 4 nitrogen and oxygen atoms in total. The van der Waals surface area contributed by atoms with E-state index in [0.29, 0.717) is 17.8 Å². The van der Waals surface area contributed by atoms with Crippen molar-refractivity contribution in [2.24, 2.45) is 0 Å². The van der Waals surface area contributed by atoms with Crippen LogP contribution in [0.4, 0.5) is 15.8 Å². The normalized spacial score (nSPS) is 10.3. The molecule has 0 amide bonds. The van der Waals surface area contributed by atoms with Gasteiger partial charge in [-0.1, -0.05) is 12.1 Å². The van der Waals surface area contributed by atoms with E-state index in [1.807, 2.05) is 0 Å². The Labute approximate surface area is 123 Å². The first-order chi connectivity index (χ1) is 9.47. The summed E-state index contributed by atoms with van der Waals surface area (Å²) in [5, 5.41) is 13.8. The predicted molar refractivity (Wildman–Crippen MR) is 79.3 cm³/mol. The third-order valence-corrected chi connectivity index (χ3v) is 3.56. The molecule has 0 radical (unpaired) electrons. The second kappa shape index (κ2) is 6.00. The minimum absolute atomic E-state index is 0.0194. The van der Waals surface area contributed by atoms with Crippen molar-refractivity contribution in [1.29, 1.82) is 0 Å². The Morgan fingerprint density at radius 2 is 2.05 bits per heavy atom. The molecule has 0 bridgehead atoms. The average Bonchev–Trinajstić information content (AvgIpc) is 2.41. The zero-order chi connectivity index (χ0) is 14.7. The van der Waals surface area contributed by atoms with E-state index in [9.17, 15) is 14.5 Å². The van der Waals surface area contributed by atoms with E-state index in [0.717, 1.165) is 10.0 Å². The van der Waals surface area contributed by atoms with Crippen LogP contribution in [-0.2, 0) is 6.54 Å². The molecule has 0 aliphatic carbocycles. The van der Waals surface area contributed by atoms with Gasteiger partial charge < -0.3 is 5.32 Å². The zero-order valence-corrected chi connectivity index (χ0v) is 12.3. The van der Waals surface area contributed by atoms with Crippen molar-refractivity contribution in [2.75, 3.05) is 5.32 Å². The minimum atomic E-state index is -0.445. The molecule has 0 saturated carbocycles. The Kier molecular flexibility index (Phi) is 4.34. The number of aryl methyl sites for hydroxylation is 1. The van der Waals surface area contributed by atoms with E-state index in [4.69, 9.17) is 0 Å². The molecule has 0 atom stereocenters. The number of nitrogens with zero attached hydrogens (tertiary/aromatic N) is 1. The topological polar surface area (TPSA) is 55.2 Å². The molecule has 0 aliphatic rings. The van der Waals surface area contributed by atoms with Gasteiger partial charge in [0.25, 0.3) is 5.69 Å². The lowest BCUT2D eigenvalue weighted by Crippen LogP contribution is -2.01. The molecule has 0 unspecified atom stereocenters. The van der Waals surface area contributed by atoms with E-state index < -0.39 is 4.92 Å². The SMILES string of the molecule is Cc1cc(CNc2cc([N+](=O)[O-])ccc2Br)ccc1F. The van der Waals surface area contributed by atoms with E-state index in [-0.39, 0.29) is 11.5 Å². The van der Waals surface area contributed by atoms with Crippen LogP contribution in [0.1, 0.15) is 11.1 Å². The van der Waals surface area contributed by atoms with Crippen molar-refractivity contribution in [1.82, 2.24) is 0 Å². The zero-order valence-electron chi connectivity index (χ0n) is 10.7. The summed E-state index contributed by atoms with van der Waals surface area (Å²) in [6.45, 7) is 2.16. The fourth-order valence-corrected chi connectivity index (χ4v) is 2.16. The van der Waals surface area contributed by atoms with Crippen molar-refractivity contribution in [2.45, 2.75) is 13.5 Å². The Balaban J connectivity index is 2.15. The largest absolute Gasteiger partial charge is 0.380 e. The van der Waals surface area contributed by atoms with E-state index in [1.54, 1.807) is 25.1 Å². The summed E-state index contributed by atoms with van der Waals surface area (Å²) in [5.41, 5.74) is 2.12. The maximum atomic E-state index is 13.2. The second-order valence-corrected chi connectivity index (χ2v) is 5.21. The Bertz CT molecular complexity index is 662. The fraction of sp³-hybridized carbons (Fsp3) is 0.143. The Hall–Kier alpha value is -1.95. The highest BCUT2D eigenvalue weighted by Gasteiger charge is 2.09. The monoisotopic (exact) mass is 338 g/mol. The molecule has 20 heavy (non-hydrogen) atoms. The van der Waals surface area contributed by atoms with Gasteiger partial charge in [0.2, 0.25) is 0 Å². The molecule has 2 aromatic carbocycles. The molecule has 104 valence electrons. The lowest BCUT2D eigenvalue weighted by molar-refractivity contribution is -0.384. The molecule has 0 heterocycles. The number of anilines is 1. The molecule has 0 fully saturated rings. The number of hydrogen-bond acceptors (Lipinski definition) is 3. The first kappa shape index (κ1) is 14.5. The summed E-state index contributed by atoms with van der Waals surface area (Å²) in [7, 11) is 0. The number of nitrogens with one attached hydrogen (secondary N) is 1. The molecular weight excluding hydrogens is 327 g/mol. The maximum Gasteiger partial charge on any atom is 0.271 e. The molecule has 2 rings (SSSR count). The number of hydrogen-bond donors (Lipinski definition) is 1. The third kappa shape index (κ3) is 3.33. The highest BCUT2D eigenvalue weighted by Crippen LogP contribution is 2.27. The van der Waals surface area contributed by atoms with Gasteiger partial charge in [0.05, 0.1) is 10.6 Å². The van der Waals surface area contributed by atoms with Gasteiger partial charge in [-0.3, -0.25) is 10.1 Å². The van der Waals surface area contributed by atoms with Crippen LogP contribution in [0.2, 0.25) is 0 Å². The van der Waals surface area contributed by atoms with Crippen LogP contribution in [0.5, 0.6) is 0 Å². The van der Waals surface area contributed by atoms with Crippen molar-refractivity contribution in [3.8, 4) is 0 Å². The summed E-state index contributed by atoms with van der Waals surface area (Å²) >= 11 is 3.33. The summed E-state index contributed by atoms with van der Waals surface area (Å²) in [4.78, 5) is 10.3. The Morgan fingerprint density at radius 3 is 2.70 bits per heavy atom.